The quantitative estimate of drug-likeness (QED) is 0.343. The van der Waals surface area contributed by atoms with Crippen molar-refractivity contribution in [3.8, 4) is 0 Å². The number of ether oxygens (including phenoxy) is 1. The second-order valence-corrected chi connectivity index (χ2v) is 8.08. The molecule has 0 heterocycles. The van der Waals surface area contributed by atoms with Crippen LogP contribution in [0, 0.1) is 6.92 Å². The zero-order valence-electron chi connectivity index (χ0n) is 16.8. The largest absolute Gasteiger partial charge is 0.462 e. The van der Waals surface area contributed by atoms with Crippen molar-refractivity contribution in [2.75, 3.05) is 11.9 Å². The molecule has 0 aliphatic rings. The molecule has 0 bridgehead atoms. The Morgan fingerprint density at radius 2 is 1.70 bits per heavy atom. The molecule has 3 aromatic carbocycles. The zero-order chi connectivity index (χ0) is 21.5. The second-order valence-electron chi connectivity index (χ2n) is 6.59. The van der Waals surface area contributed by atoms with Gasteiger partial charge in [-0.15, -0.1) is 11.8 Å². The first-order chi connectivity index (χ1) is 14.5. The van der Waals surface area contributed by atoms with E-state index in [9.17, 15) is 9.59 Å². The fourth-order valence-electron chi connectivity index (χ4n) is 2.85. The molecular weight excluding hydrogens is 418 g/mol. The number of amides is 1. The topological polar surface area (TPSA) is 55.4 Å². The Hall–Kier alpha value is -2.76. The van der Waals surface area contributed by atoms with Gasteiger partial charge in [-0.2, -0.15) is 0 Å². The molecule has 154 valence electrons. The number of nitrogens with one attached hydrogen (secondary N) is 1. The van der Waals surface area contributed by atoms with Crippen LogP contribution >= 0.6 is 23.4 Å². The SMILES string of the molecule is CCOC(=O)c1cccc(NC(=O)c2ccc(CSc3ccc(Cl)cc3)cc2)c1C. The maximum Gasteiger partial charge on any atom is 0.338 e. The molecular formula is C24H22ClNO3S. The molecule has 3 rings (SSSR count). The number of rotatable bonds is 7. The third-order valence-electron chi connectivity index (χ3n) is 4.51. The molecule has 0 unspecified atom stereocenters. The highest BCUT2D eigenvalue weighted by atomic mass is 35.5. The molecule has 0 spiro atoms. The van der Waals surface area contributed by atoms with Gasteiger partial charge >= 0.3 is 5.97 Å². The van der Waals surface area contributed by atoms with Crippen molar-refractivity contribution >= 4 is 40.9 Å². The maximum atomic E-state index is 12.7. The van der Waals surface area contributed by atoms with E-state index in [-0.39, 0.29) is 5.91 Å². The van der Waals surface area contributed by atoms with Crippen molar-refractivity contribution in [1.82, 2.24) is 0 Å². The number of benzene rings is 3. The fraction of sp³-hybridized carbons (Fsp3) is 0.167. The fourth-order valence-corrected chi connectivity index (χ4v) is 3.83. The summed E-state index contributed by atoms with van der Waals surface area (Å²) in [6.45, 7) is 3.85. The van der Waals surface area contributed by atoms with Gasteiger partial charge in [0.25, 0.3) is 5.91 Å². The normalized spacial score (nSPS) is 10.5. The highest BCUT2D eigenvalue weighted by molar-refractivity contribution is 7.98. The van der Waals surface area contributed by atoms with Crippen LogP contribution in [0.5, 0.6) is 0 Å². The van der Waals surface area contributed by atoms with E-state index in [4.69, 9.17) is 16.3 Å². The van der Waals surface area contributed by atoms with Gasteiger partial charge in [0, 0.05) is 26.9 Å². The lowest BCUT2D eigenvalue weighted by Gasteiger charge is -2.12. The lowest BCUT2D eigenvalue weighted by Crippen LogP contribution is -2.14. The van der Waals surface area contributed by atoms with Crippen LogP contribution in [0.2, 0.25) is 5.02 Å². The van der Waals surface area contributed by atoms with Crippen molar-refractivity contribution < 1.29 is 14.3 Å². The van der Waals surface area contributed by atoms with Gasteiger partial charge in [-0.05, 0) is 73.5 Å². The van der Waals surface area contributed by atoms with E-state index in [1.807, 2.05) is 36.4 Å². The van der Waals surface area contributed by atoms with E-state index < -0.39 is 5.97 Å². The summed E-state index contributed by atoms with van der Waals surface area (Å²) in [6.07, 6.45) is 0. The molecule has 3 aromatic rings. The van der Waals surface area contributed by atoms with Crippen LogP contribution in [0.1, 0.15) is 38.8 Å². The van der Waals surface area contributed by atoms with E-state index in [0.717, 1.165) is 21.2 Å². The average molecular weight is 440 g/mol. The van der Waals surface area contributed by atoms with Crippen LogP contribution in [0.25, 0.3) is 0 Å². The van der Waals surface area contributed by atoms with Crippen LogP contribution in [0.3, 0.4) is 0 Å². The number of carbonyl (C=O) groups is 2. The molecule has 30 heavy (non-hydrogen) atoms. The predicted molar refractivity (Wildman–Crippen MR) is 123 cm³/mol. The molecule has 0 fully saturated rings. The third kappa shape index (κ3) is 5.65. The van der Waals surface area contributed by atoms with Crippen molar-refractivity contribution in [3.63, 3.8) is 0 Å². The van der Waals surface area contributed by atoms with Crippen LogP contribution in [-0.4, -0.2) is 18.5 Å². The summed E-state index contributed by atoms with van der Waals surface area (Å²) in [7, 11) is 0. The number of hydrogen-bond donors (Lipinski definition) is 1. The molecule has 0 saturated carbocycles. The summed E-state index contributed by atoms with van der Waals surface area (Å²) in [4.78, 5) is 25.8. The molecule has 0 atom stereocenters. The van der Waals surface area contributed by atoms with Gasteiger partial charge in [0.2, 0.25) is 0 Å². The molecule has 4 nitrogen and oxygen atoms in total. The van der Waals surface area contributed by atoms with E-state index in [1.54, 1.807) is 55.9 Å². The predicted octanol–water partition coefficient (Wildman–Crippen LogP) is 6.37. The molecule has 1 N–H and O–H groups in total. The summed E-state index contributed by atoms with van der Waals surface area (Å²) >= 11 is 7.62. The van der Waals surface area contributed by atoms with E-state index in [0.29, 0.717) is 29.0 Å². The summed E-state index contributed by atoms with van der Waals surface area (Å²) in [5, 5.41) is 3.60. The maximum absolute atomic E-state index is 12.7. The van der Waals surface area contributed by atoms with Crippen molar-refractivity contribution in [2.24, 2.45) is 0 Å². The first kappa shape index (κ1) is 21.9. The number of halogens is 1. The second kappa shape index (κ2) is 10.3. The molecule has 0 radical (unpaired) electrons. The summed E-state index contributed by atoms with van der Waals surface area (Å²) in [5.41, 5.74) is 3.39. The molecule has 0 aliphatic carbocycles. The molecule has 0 saturated heterocycles. The first-order valence-electron chi connectivity index (χ1n) is 9.53. The summed E-state index contributed by atoms with van der Waals surface area (Å²) in [5.74, 6) is 0.175. The Bertz CT molecular complexity index is 1030. The van der Waals surface area contributed by atoms with Crippen LogP contribution < -0.4 is 5.32 Å². The first-order valence-corrected chi connectivity index (χ1v) is 10.9. The van der Waals surface area contributed by atoms with Gasteiger partial charge in [-0.1, -0.05) is 29.8 Å². The molecule has 1 amide bonds. The Morgan fingerprint density at radius 3 is 2.37 bits per heavy atom. The highest BCUT2D eigenvalue weighted by Gasteiger charge is 2.14. The van der Waals surface area contributed by atoms with Gasteiger partial charge < -0.3 is 10.1 Å². The number of carbonyl (C=O) groups excluding carboxylic acids is 2. The van der Waals surface area contributed by atoms with Crippen LogP contribution in [0.15, 0.2) is 71.6 Å². The van der Waals surface area contributed by atoms with Gasteiger partial charge in [0.1, 0.15) is 0 Å². The Labute approximate surface area is 185 Å². The van der Waals surface area contributed by atoms with E-state index in [1.165, 1.54) is 0 Å². The number of hydrogen-bond acceptors (Lipinski definition) is 4. The van der Waals surface area contributed by atoms with Crippen LogP contribution in [0.4, 0.5) is 5.69 Å². The molecule has 0 aliphatic heterocycles. The van der Waals surface area contributed by atoms with E-state index >= 15 is 0 Å². The Balaban J connectivity index is 1.64. The van der Waals surface area contributed by atoms with Gasteiger partial charge in [-0.3, -0.25) is 4.79 Å². The Morgan fingerprint density at radius 1 is 1.00 bits per heavy atom. The van der Waals surface area contributed by atoms with Crippen molar-refractivity contribution in [3.05, 3.63) is 94.0 Å². The number of anilines is 1. The summed E-state index contributed by atoms with van der Waals surface area (Å²) in [6, 6.07) is 20.4. The van der Waals surface area contributed by atoms with Gasteiger partial charge in [0.05, 0.1) is 12.2 Å². The van der Waals surface area contributed by atoms with E-state index in [2.05, 4.69) is 5.32 Å². The molecule has 0 aromatic heterocycles. The highest BCUT2D eigenvalue weighted by Crippen LogP contribution is 2.25. The minimum atomic E-state index is -0.395. The monoisotopic (exact) mass is 439 g/mol. The van der Waals surface area contributed by atoms with Gasteiger partial charge in [0.15, 0.2) is 0 Å². The number of thioether (sulfide) groups is 1. The van der Waals surface area contributed by atoms with Crippen molar-refractivity contribution in [1.29, 1.82) is 0 Å². The third-order valence-corrected chi connectivity index (χ3v) is 5.85. The summed E-state index contributed by atoms with van der Waals surface area (Å²) < 4.78 is 5.07. The van der Waals surface area contributed by atoms with Crippen molar-refractivity contribution in [2.45, 2.75) is 24.5 Å². The van der Waals surface area contributed by atoms with Gasteiger partial charge in [-0.25, -0.2) is 4.79 Å². The average Bonchev–Trinajstić information content (AvgIpc) is 2.75. The number of esters is 1. The lowest BCUT2D eigenvalue weighted by atomic mass is 10.1. The zero-order valence-corrected chi connectivity index (χ0v) is 18.3. The minimum Gasteiger partial charge on any atom is -0.462 e. The van der Waals surface area contributed by atoms with Crippen LogP contribution in [-0.2, 0) is 10.5 Å². The minimum absolute atomic E-state index is 0.226. The Kier molecular flexibility index (Phi) is 7.55. The smallest absolute Gasteiger partial charge is 0.338 e. The standard InChI is InChI=1S/C24H22ClNO3S/c1-3-29-24(28)21-5-4-6-22(16(21)2)26-23(27)18-9-7-17(8-10-18)15-30-20-13-11-19(25)12-14-20/h4-14H,3,15H2,1-2H3,(H,26,27). The molecule has 6 heteroatoms. The lowest BCUT2D eigenvalue weighted by molar-refractivity contribution is 0.0525.